The van der Waals surface area contributed by atoms with E-state index < -0.39 is 47.0 Å². The number of hydrogen-bond donors (Lipinski definition) is 3. The van der Waals surface area contributed by atoms with Gasteiger partial charge in [-0.15, -0.1) is 11.3 Å². The summed E-state index contributed by atoms with van der Waals surface area (Å²) in [4.78, 5) is 55.5. The number of halogens is 1. The number of quaternary nitrogens is 1. The summed E-state index contributed by atoms with van der Waals surface area (Å²) < 4.78 is 0. The highest BCUT2D eigenvalue weighted by molar-refractivity contribution is 7.17. The largest absolute Gasteiger partial charge is 0.369 e. The number of primary amides is 1. The Balaban J connectivity index is 1.53. The maximum atomic E-state index is 14.1. The van der Waals surface area contributed by atoms with E-state index in [4.69, 9.17) is 17.3 Å². The number of rotatable bonds is 3. The van der Waals surface area contributed by atoms with Crippen molar-refractivity contribution in [3.05, 3.63) is 44.8 Å². The molecule has 2 saturated heterocycles. The summed E-state index contributed by atoms with van der Waals surface area (Å²) in [6.07, 6.45) is 3.29. The van der Waals surface area contributed by atoms with Crippen LogP contribution in [0.3, 0.4) is 0 Å². The highest BCUT2D eigenvalue weighted by Gasteiger charge is 2.74. The molecule has 1 aliphatic carbocycles. The van der Waals surface area contributed by atoms with E-state index in [1.54, 1.807) is 23.5 Å². The normalized spacial score (nSPS) is 28.6. The average molecular weight is 511 g/mol. The van der Waals surface area contributed by atoms with Crippen molar-refractivity contribution in [2.45, 2.75) is 43.7 Å². The van der Waals surface area contributed by atoms with E-state index in [2.05, 4.69) is 11.4 Å². The second-order valence-electron chi connectivity index (χ2n) is 9.53. The Morgan fingerprint density at radius 1 is 1.29 bits per heavy atom. The monoisotopic (exact) mass is 510 g/mol. The van der Waals surface area contributed by atoms with Crippen LogP contribution in [0.4, 0.5) is 10.7 Å². The molecule has 4 atom stereocenters. The first-order valence-corrected chi connectivity index (χ1v) is 12.7. The van der Waals surface area contributed by atoms with Crippen molar-refractivity contribution < 1.29 is 24.5 Å². The van der Waals surface area contributed by atoms with Crippen LogP contribution in [-0.2, 0) is 37.6 Å². The Labute approximate surface area is 209 Å². The van der Waals surface area contributed by atoms with Gasteiger partial charge in [0.25, 0.3) is 5.91 Å². The zero-order valence-electron chi connectivity index (χ0n) is 18.5. The zero-order chi connectivity index (χ0) is 24.6. The Kier molecular flexibility index (Phi) is 4.84. The van der Waals surface area contributed by atoms with Crippen LogP contribution in [0, 0.1) is 23.2 Å². The maximum Gasteiger partial charge on any atom is 0.291 e. The van der Waals surface area contributed by atoms with Crippen LogP contribution >= 0.6 is 22.9 Å². The molecular formula is C24H21ClN5O4S+. The fourth-order valence-electron chi connectivity index (χ4n) is 6.38. The van der Waals surface area contributed by atoms with E-state index in [9.17, 15) is 24.4 Å². The topological polar surface area (TPSA) is 150 Å². The number of nitrogens with two attached hydrogens (primary N) is 2. The van der Waals surface area contributed by atoms with Crippen molar-refractivity contribution in [2.75, 3.05) is 10.2 Å². The SMILES string of the molecule is N#Cc1c(N2C(=O)[C@H]3[C@@H](C2=O)[C@@]2([NH2+][C@@H]3CC(N)=O)C(=O)Nc3ccc(Cl)cc32)sc2c1CCCC2. The number of thiophene rings is 1. The lowest BCUT2D eigenvalue weighted by atomic mass is 9.76. The zero-order valence-corrected chi connectivity index (χ0v) is 20.0. The van der Waals surface area contributed by atoms with Crippen LogP contribution in [0.1, 0.15) is 40.8 Å². The number of nitrogens with zero attached hydrogens (tertiary/aromatic N) is 2. The van der Waals surface area contributed by atoms with Crippen LogP contribution in [0.25, 0.3) is 0 Å². The van der Waals surface area contributed by atoms with Gasteiger partial charge in [-0.25, -0.2) is 4.90 Å². The quantitative estimate of drug-likeness (QED) is 0.525. The van der Waals surface area contributed by atoms with Crippen molar-refractivity contribution in [1.82, 2.24) is 0 Å². The molecule has 1 aromatic heterocycles. The number of nitrogens with one attached hydrogen (secondary N) is 1. The minimum Gasteiger partial charge on any atom is -0.369 e. The van der Waals surface area contributed by atoms with Crippen LogP contribution in [0.5, 0.6) is 0 Å². The summed E-state index contributed by atoms with van der Waals surface area (Å²) in [5.74, 6) is -4.12. The van der Waals surface area contributed by atoms with E-state index in [1.807, 2.05) is 0 Å². The highest BCUT2D eigenvalue weighted by Crippen LogP contribution is 2.52. The summed E-state index contributed by atoms with van der Waals surface area (Å²) in [5.41, 5.74) is 6.32. The van der Waals surface area contributed by atoms with Crippen LogP contribution < -0.4 is 21.3 Å². The summed E-state index contributed by atoms with van der Waals surface area (Å²) in [5, 5.41) is 15.1. The molecule has 4 aliphatic rings. The Morgan fingerprint density at radius 2 is 2.06 bits per heavy atom. The second kappa shape index (κ2) is 7.62. The first kappa shape index (κ1) is 22.2. The third-order valence-corrected chi connectivity index (χ3v) is 9.25. The lowest BCUT2D eigenvalue weighted by Crippen LogP contribution is -2.99. The lowest BCUT2D eigenvalue weighted by molar-refractivity contribution is -0.732. The molecule has 4 amide bonds. The van der Waals surface area contributed by atoms with Gasteiger partial charge in [-0.2, -0.15) is 5.26 Å². The molecule has 0 unspecified atom stereocenters. The lowest BCUT2D eigenvalue weighted by Gasteiger charge is -2.26. The molecule has 178 valence electrons. The molecule has 6 rings (SSSR count). The number of anilines is 2. The van der Waals surface area contributed by atoms with Crippen molar-refractivity contribution in [3.8, 4) is 6.07 Å². The predicted octanol–water partition coefficient (Wildman–Crippen LogP) is 0.926. The van der Waals surface area contributed by atoms with Crippen LogP contribution in [0.2, 0.25) is 5.02 Å². The highest BCUT2D eigenvalue weighted by atomic mass is 35.5. The van der Waals surface area contributed by atoms with Gasteiger partial charge in [-0.3, -0.25) is 19.2 Å². The number of aryl methyl sites for hydroxylation is 1. The van der Waals surface area contributed by atoms with Crippen molar-refractivity contribution >= 4 is 57.3 Å². The van der Waals surface area contributed by atoms with Crippen molar-refractivity contribution in [2.24, 2.45) is 17.6 Å². The molecule has 0 radical (unpaired) electrons. The average Bonchev–Trinajstić information content (AvgIpc) is 3.50. The van der Waals surface area contributed by atoms with E-state index in [1.165, 1.54) is 11.3 Å². The van der Waals surface area contributed by atoms with Gasteiger partial charge in [0.1, 0.15) is 28.9 Å². The number of carbonyl (C=O) groups excluding carboxylic acids is 4. The van der Waals surface area contributed by atoms with Gasteiger partial charge in [-0.1, -0.05) is 11.6 Å². The number of imide groups is 1. The summed E-state index contributed by atoms with van der Waals surface area (Å²) in [6, 6.07) is 6.42. The standard InChI is InChI=1S/C24H20ClN5O4S/c25-10-5-6-14-13(7-10)24(23(34)28-14)19-18(15(29-24)8-17(27)31)20(32)30(21(19)33)22-12(9-26)11-3-1-2-4-16(11)35-22/h5-7,15,18-19,29H,1-4,8H2,(H2,27,31)(H,28,34)/p+1/t15-,18-,19+,24-/m1/s1. The molecule has 11 heteroatoms. The third-order valence-electron chi connectivity index (χ3n) is 7.74. The molecule has 2 fully saturated rings. The van der Waals surface area contributed by atoms with Gasteiger partial charge in [0.05, 0.1) is 17.7 Å². The third kappa shape index (κ3) is 2.89. The molecule has 2 aromatic rings. The summed E-state index contributed by atoms with van der Waals surface area (Å²) >= 11 is 7.56. The van der Waals surface area contributed by atoms with Crippen molar-refractivity contribution in [3.63, 3.8) is 0 Å². The van der Waals surface area contributed by atoms with Gasteiger partial charge < -0.3 is 16.4 Å². The molecule has 4 heterocycles. The van der Waals surface area contributed by atoms with Crippen LogP contribution in [-0.4, -0.2) is 29.7 Å². The van der Waals surface area contributed by atoms with Gasteiger partial charge in [0.2, 0.25) is 23.3 Å². The number of benzene rings is 1. The number of nitriles is 1. The molecule has 3 aliphatic heterocycles. The first-order valence-electron chi connectivity index (χ1n) is 11.5. The molecule has 9 nitrogen and oxygen atoms in total. The molecule has 1 spiro atoms. The first-order chi connectivity index (χ1) is 16.8. The molecule has 1 aromatic carbocycles. The summed E-state index contributed by atoms with van der Waals surface area (Å²) in [6.45, 7) is 0. The Bertz CT molecular complexity index is 1400. The maximum absolute atomic E-state index is 14.1. The van der Waals surface area contributed by atoms with Crippen LogP contribution in [0.15, 0.2) is 18.2 Å². The second-order valence-corrected chi connectivity index (χ2v) is 11.1. The molecule has 0 saturated carbocycles. The van der Waals surface area contributed by atoms with Crippen molar-refractivity contribution in [1.29, 1.82) is 5.26 Å². The fourth-order valence-corrected chi connectivity index (χ4v) is 7.90. The van der Waals surface area contributed by atoms with E-state index in [0.717, 1.165) is 41.0 Å². The molecule has 5 N–H and O–H groups in total. The fraction of sp³-hybridized carbons (Fsp3) is 0.375. The number of carbonyl (C=O) groups is 4. The minimum absolute atomic E-state index is 0.176. The molecule has 0 bridgehead atoms. The van der Waals surface area contributed by atoms with Gasteiger partial charge >= 0.3 is 0 Å². The predicted molar refractivity (Wildman–Crippen MR) is 126 cm³/mol. The number of amides is 4. The smallest absolute Gasteiger partial charge is 0.291 e. The molecular weight excluding hydrogens is 490 g/mol. The van der Waals surface area contributed by atoms with E-state index >= 15 is 0 Å². The molecule has 35 heavy (non-hydrogen) atoms. The Morgan fingerprint density at radius 3 is 2.80 bits per heavy atom. The minimum atomic E-state index is -1.46. The van der Waals surface area contributed by atoms with Gasteiger partial charge in [-0.05, 0) is 49.4 Å². The van der Waals surface area contributed by atoms with E-state index in [-0.39, 0.29) is 6.42 Å². The Hall–Kier alpha value is -3.26. The van der Waals surface area contributed by atoms with E-state index in [0.29, 0.717) is 26.8 Å². The number of fused-ring (bicyclic) bond motifs is 5. The summed E-state index contributed by atoms with van der Waals surface area (Å²) in [7, 11) is 0. The van der Waals surface area contributed by atoms with Gasteiger partial charge in [0.15, 0.2) is 0 Å². The number of hydrogen-bond acceptors (Lipinski definition) is 6. The van der Waals surface area contributed by atoms with Gasteiger partial charge in [0, 0.05) is 15.5 Å².